The molecule has 0 radical (unpaired) electrons. The molecule has 1 aromatic carbocycles. The Morgan fingerprint density at radius 3 is 2.42 bits per heavy atom. The molecular weight excluding hydrogens is 247 g/mol. The standard InChI is InChI=1S/C14H21FN2O2/c1-9(2)13(16)14(18)17-8-10(3)19-12-6-4-11(15)5-7-12/h4-7,9-10,13H,8,16H2,1-3H3,(H,17,18)/t10?,13-/m0/s1. The summed E-state index contributed by atoms with van der Waals surface area (Å²) >= 11 is 0. The van der Waals surface area contributed by atoms with Crippen LogP contribution in [0.4, 0.5) is 4.39 Å². The molecular formula is C14H21FN2O2. The molecule has 0 saturated heterocycles. The van der Waals surface area contributed by atoms with E-state index in [9.17, 15) is 9.18 Å². The van der Waals surface area contributed by atoms with E-state index in [1.165, 1.54) is 12.1 Å². The Morgan fingerprint density at radius 1 is 1.32 bits per heavy atom. The Labute approximate surface area is 113 Å². The smallest absolute Gasteiger partial charge is 0.237 e. The first-order valence-corrected chi connectivity index (χ1v) is 6.35. The van der Waals surface area contributed by atoms with Gasteiger partial charge in [-0.25, -0.2) is 4.39 Å². The number of ether oxygens (including phenoxy) is 1. The molecule has 0 aliphatic rings. The number of nitrogens with two attached hydrogens (primary N) is 1. The van der Waals surface area contributed by atoms with Crippen molar-refractivity contribution in [3.8, 4) is 5.75 Å². The summed E-state index contributed by atoms with van der Waals surface area (Å²) in [6, 6.07) is 5.24. The number of amides is 1. The number of hydrogen-bond acceptors (Lipinski definition) is 3. The van der Waals surface area contributed by atoms with Crippen molar-refractivity contribution in [3.05, 3.63) is 30.1 Å². The van der Waals surface area contributed by atoms with Crippen molar-refractivity contribution in [3.63, 3.8) is 0 Å². The minimum atomic E-state index is -0.516. The van der Waals surface area contributed by atoms with Crippen LogP contribution in [-0.2, 0) is 4.79 Å². The first-order valence-electron chi connectivity index (χ1n) is 6.35. The molecule has 1 aromatic rings. The lowest BCUT2D eigenvalue weighted by atomic mass is 10.1. The summed E-state index contributed by atoms with van der Waals surface area (Å²) in [5.74, 6) is 0.158. The van der Waals surface area contributed by atoms with Gasteiger partial charge in [-0.3, -0.25) is 4.79 Å². The van der Waals surface area contributed by atoms with Crippen LogP contribution < -0.4 is 15.8 Å². The van der Waals surface area contributed by atoms with Crippen molar-refractivity contribution in [1.82, 2.24) is 5.32 Å². The molecule has 0 bridgehead atoms. The summed E-state index contributed by atoms with van der Waals surface area (Å²) in [5.41, 5.74) is 5.72. The maximum absolute atomic E-state index is 12.7. The van der Waals surface area contributed by atoms with E-state index in [1.54, 1.807) is 12.1 Å². The minimum absolute atomic E-state index is 0.0910. The zero-order chi connectivity index (χ0) is 14.4. The highest BCUT2D eigenvalue weighted by atomic mass is 19.1. The normalized spacial score (nSPS) is 14.0. The highest BCUT2D eigenvalue weighted by Crippen LogP contribution is 2.12. The third-order valence-corrected chi connectivity index (χ3v) is 2.74. The molecule has 2 atom stereocenters. The Balaban J connectivity index is 2.37. The summed E-state index contributed by atoms with van der Waals surface area (Å²) in [6.45, 7) is 5.96. The van der Waals surface area contributed by atoms with Crippen molar-refractivity contribution in [2.75, 3.05) is 6.54 Å². The van der Waals surface area contributed by atoms with Crippen molar-refractivity contribution in [2.45, 2.75) is 32.9 Å². The molecule has 4 nitrogen and oxygen atoms in total. The lowest BCUT2D eigenvalue weighted by Gasteiger charge is -2.19. The number of benzene rings is 1. The Morgan fingerprint density at radius 2 is 1.89 bits per heavy atom. The fourth-order valence-corrected chi connectivity index (χ4v) is 1.45. The molecule has 1 unspecified atom stereocenters. The van der Waals surface area contributed by atoms with E-state index in [4.69, 9.17) is 10.5 Å². The number of carbonyl (C=O) groups is 1. The first-order chi connectivity index (χ1) is 8.90. The number of nitrogens with one attached hydrogen (secondary N) is 1. The van der Waals surface area contributed by atoms with Gasteiger partial charge in [0.15, 0.2) is 0 Å². The van der Waals surface area contributed by atoms with Crippen molar-refractivity contribution in [2.24, 2.45) is 11.7 Å². The van der Waals surface area contributed by atoms with Gasteiger partial charge in [0.2, 0.25) is 5.91 Å². The van der Waals surface area contributed by atoms with E-state index >= 15 is 0 Å². The third-order valence-electron chi connectivity index (χ3n) is 2.74. The van der Waals surface area contributed by atoms with Crippen molar-refractivity contribution in [1.29, 1.82) is 0 Å². The first kappa shape index (κ1) is 15.4. The summed E-state index contributed by atoms with van der Waals surface area (Å²) in [5, 5.41) is 2.73. The SMILES string of the molecule is CC(CNC(=O)[C@@H](N)C(C)C)Oc1ccc(F)cc1. The summed E-state index contributed by atoms with van der Waals surface area (Å²) in [7, 11) is 0. The van der Waals surface area contributed by atoms with E-state index in [0.717, 1.165) is 0 Å². The topological polar surface area (TPSA) is 64.4 Å². The van der Waals surface area contributed by atoms with Crippen LogP contribution in [0.15, 0.2) is 24.3 Å². The predicted octanol–water partition coefficient (Wildman–Crippen LogP) is 1.69. The van der Waals surface area contributed by atoms with Gasteiger partial charge in [-0.15, -0.1) is 0 Å². The van der Waals surface area contributed by atoms with E-state index in [2.05, 4.69) is 5.32 Å². The quantitative estimate of drug-likeness (QED) is 0.825. The van der Waals surface area contributed by atoms with Crippen LogP contribution in [0.3, 0.4) is 0 Å². The zero-order valence-corrected chi connectivity index (χ0v) is 11.5. The van der Waals surface area contributed by atoms with Crippen LogP contribution >= 0.6 is 0 Å². The van der Waals surface area contributed by atoms with Gasteiger partial charge < -0.3 is 15.8 Å². The molecule has 0 saturated carbocycles. The Hall–Kier alpha value is -1.62. The number of rotatable bonds is 6. The average Bonchev–Trinajstić information content (AvgIpc) is 2.37. The maximum Gasteiger partial charge on any atom is 0.237 e. The Bertz CT molecular complexity index is 406. The van der Waals surface area contributed by atoms with Crippen LogP contribution in [-0.4, -0.2) is 24.6 Å². The van der Waals surface area contributed by atoms with Crippen LogP contribution in [0, 0.1) is 11.7 Å². The molecule has 19 heavy (non-hydrogen) atoms. The molecule has 0 spiro atoms. The summed E-state index contributed by atoms with van der Waals surface area (Å²) in [6.07, 6.45) is -0.214. The van der Waals surface area contributed by atoms with Crippen LogP contribution in [0.2, 0.25) is 0 Å². The van der Waals surface area contributed by atoms with Crippen molar-refractivity contribution < 1.29 is 13.9 Å². The molecule has 1 rings (SSSR count). The number of carbonyl (C=O) groups excluding carboxylic acids is 1. The molecule has 0 fully saturated rings. The van der Waals surface area contributed by atoms with E-state index < -0.39 is 6.04 Å². The molecule has 5 heteroatoms. The van der Waals surface area contributed by atoms with Gasteiger partial charge in [0.25, 0.3) is 0 Å². The summed E-state index contributed by atoms with van der Waals surface area (Å²) in [4.78, 5) is 11.6. The Kier molecular flexibility index (Phi) is 5.76. The lowest BCUT2D eigenvalue weighted by molar-refractivity contribution is -0.123. The third kappa shape index (κ3) is 5.26. The fraction of sp³-hybridized carbons (Fsp3) is 0.500. The molecule has 0 aromatic heterocycles. The second kappa shape index (κ2) is 7.09. The van der Waals surface area contributed by atoms with E-state index in [0.29, 0.717) is 12.3 Å². The molecule has 0 aliphatic heterocycles. The monoisotopic (exact) mass is 268 g/mol. The van der Waals surface area contributed by atoms with Gasteiger partial charge in [-0.1, -0.05) is 13.8 Å². The molecule has 0 aliphatic carbocycles. The van der Waals surface area contributed by atoms with Crippen LogP contribution in [0.25, 0.3) is 0 Å². The van der Waals surface area contributed by atoms with Crippen LogP contribution in [0.1, 0.15) is 20.8 Å². The van der Waals surface area contributed by atoms with Gasteiger partial charge in [0.05, 0.1) is 12.6 Å². The number of halogens is 1. The minimum Gasteiger partial charge on any atom is -0.489 e. The predicted molar refractivity (Wildman–Crippen MR) is 72.3 cm³/mol. The second-order valence-corrected chi connectivity index (χ2v) is 4.90. The van der Waals surface area contributed by atoms with Crippen molar-refractivity contribution >= 4 is 5.91 Å². The van der Waals surface area contributed by atoms with E-state index in [-0.39, 0.29) is 23.7 Å². The highest BCUT2D eigenvalue weighted by molar-refractivity contribution is 5.81. The zero-order valence-electron chi connectivity index (χ0n) is 11.5. The highest BCUT2D eigenvalue weighted by Gasteiger charge is 2.17. The molecule has 106 valence electrons. The fourth-order valence-electron chi connectivity index (χ4n) is 1.45. The maximum atomic E-state index is 12.7. The average molecular weight is 268 g/mol. The molecule has 1 amide bonds. The largest absolute Gasteiger partial charge is 0.489 e. The van der Waals surface area contributed by atoms with Gasteiger partial charge in [0.1, 0.15) is 17.7 Å². The van der Waals surface area contributed by atoms with E-state index in [1.807, 2.05) is 20.8 Å². The second-order valence-electron chi connectivity index (χ2n) is 4.90. The van der Waals surface area contributed by atoms with Gasteiger partial charge >= 0.3 is 0 Å². The van der Waals surface area contributed by atoms with Crippen LogP contribution in [0.5, 0.6) is 5.75 Å². The lowest BCUT2D eigenvalue weighted by Crippen LogP contribution is -2.46. The van der Waals surface area contributed by atoms with Gasteiger partial charge in [-0.2, -0.15) is 0 Å². The number of hydrogen-bond donors (Lipinski definition) is 2. The van der Waals surface area contributed by atoms with Gasteiger partial charge in [0, 0.05) is 0 Å². The van der Waals surface area contributed by atoms with Gasteiger partial charge in [-0.05, 0) is 37.1 Å². The molecule has 0 heterocycles. The summed E-state index contributed by atoms with van der Waals surface area (Å²) < 4.78 is 18.3. The molecule has 3 N–H and O–H groups in total.